The fourth-order valence-corrected chi connectivity index (χ4v) is 2.01. The summed E-state index contributed by atoms with van der Waals surface area (Å²) in [4.78, 5) is 23.1. The first kappa shape index (κ1) is 16.5. The number of benzene rings is 1. The molecule has 0 aromatic heterocycles. The molecule has 1 unspecified atom stereocenters. The zero-order chi connectivity index (χ0) is 15.0. The van der Waals surface area contributed by atoms with Gasteiger partial charge in [-0.05, 0) is 37.6 Å². The molecule has 110 valence electrons. The Labute approximate surface area is 122 Å². The van der Waals surface area contributed by atoms with Gasteiger partial charge in [-0.3, -0.25) is 9.59 Å². The van der Waals surface area contributed by atoms with Gasteiger partial charge in [0.1, 0.15) is 5.82 Å². The summed E-state index contributed by atoms with van der Waals surface area (Å²) in [7, 11) is 0. The molecule has 0 saturated heterocycles. The molecule has 4 nitrogen and oxygen atoms in total. The van der Waals surface area contributed by atoms with Crippen molar-refractivity contribution in [2.24, 2.45) is 0 Å². The lowest BCUT2D eigenvalue weighted by Gasteiger charge is -2.10. The fourth-order valence-electron chi connectivity index (χ4n) is 1.39. The van der Waals surface area contributed by atoms with Crippen LogP contribution in [0.15, 0.2) is 24.3 Å². The number of hydrogen-bond donors (Lipinski definition) is 2. The Bertz CT molecular complexity index is 451. The SMILES string of the molecule is CCC(C)NC(=O)CSCC(=O)Nc1ccc(F)cc1. The minimum absolute atomic E-state index is 0.0704. The third-order valence-corrected chi connectivity index (χ3v) is 3.55. The van der Waals surface area contributed by atoms with Crippen LogP contribution in [-0.2, 0) is 9.59 Å². The number of carbonyl (C=O) groups is 2. The first-order valence-electron chi connectivity index (χ1n) is 6.43. The highest BCUT2D eigenvalue weighted by Crippen LogP contribution is 2.09. The smallest absolute Gasteiger partial charge is 0.234 e. The molecule has 0 bridgehead atoms. The van der Waals surface area contributed by atoms with Crippen LogP contribution in [-0.4, -0.2) is 29.4 Å². The standard InChI is InChI=1S/C14H19FN2O2S/c1-3-10(2)16-13(18)8-20-9-14(19)17-12-6-4-11(15)5-7-12/h4-7,10H,3,8-9H2,1-2H3,(H,16,18)(H,17,19). The molecule has 0 radical (unpaired) electrons. The quantitative estimate of drug-likeness (QED) is 0.813. The van der Waals surface area contributed by atoms with Gasteiger partial charge in [0.15, 0.2) is 0 Å². The molecule has 1 aromatic carbocycles. The van der Waals surface area contributed by atoms with Crippen LogP contribution < -0.4 is 10.6 Å². The molecule has 1 rings (SSSR count). The van der Waals surface area contributed by atoms with E-state index in [2.05, 4.69) is 10.6 Å². The Balaban J connectivity index is 2.23. The summed E-state index contributed by atoms with van der Waals surface area (Å²) in [6, 6.07) is 5.70. The summed E-state index contributed by atoms with van der Waals surface area (Å²) in [5.74, 6) is -0.192. The highest BCUT2D eigenvalue weighted by Gasteiger charge is 2.08. The third kappa shape index (κ3) is 6.56. The monoisotopic (exact) mass is 298 g/mol. The van der Waals surface area contributed by atoms with Crippen LogP contribution in [0.1, 0.15) is 20.3 Å². The maximum Gasteiger partial charge on any atom is 0.234 e. The first-order chi connectivity index (χ1) is 9.51. The number of amides is 2. The molecule has 0 aliphatic carbocycles. The van der Waals surface area contributed by atoms with Crippen molar-refractivity contribution in [3.63, 3.8) is 0 Å². The minimum atomic E-state index is -0.348. The highest BCUT2D eigenvalue weighted by atomic mass is 32.2. The average molecular weight is 298 g/mol. The zero-order valence-electron chi connectivity index (χ0n) is 11.6. The van der Waals surface area contributed by atoms with Crippen LogP contribution in [0.5, 0.6) is 0 Å². The summed E-state index contributed by atoms with van der Waals surface area (Å²) in [5, 5.41) is 5.46. The van der Waals surface area contributed by atoms with E-state index in [0.717, 1.165) is 6.42 Å². The van der Waals surface area contributed by atoms with Gasteiger partial charge in [-0.1, -0.05) is 6.92 Å². The van der Waals surface area contributed by atoms with Gasteiger partial charge in [-0.15, -0.1) is 11.8 Å². The molecule has 1 aromatic rings. The summed E-state index contributed by atoms with van der Waals surface area (Å²) in [6.45, 7) is 3.93. The van der Waals surface area contributed by atoms with E-state index in [9.17, 15) is 14.0 Å². The van der Waals surface area contributed by atoms with E-state index in [-0.39, 0.29) is 35.2 Å². The van der Waals surface area contributed by atoms with Crippen molar-refractivity contribution in [1.29, 1.82) is 0 Å². The Hall–Kier alpha value is -1.56. The van der Waals surface area contributed by atoms with E-state index in [1.54, 1.807) is 0 Å². The van der Waals surface area contributed by atoms with Gasteiger partial charge in [-0.25, -0.2) is 4.39 Å². The summed E-state index contributed by atoms with van der Waals surface area (Å²) in [5.41, 5.74) is 0.543. The largest absolute Gasteiger partial charge is 0.353 e. The molecule has 0 fully saturated rings. The maximum absolute atomic E-state index is 12.7. The predicted octanol–water partition coefficient (Wildman–Crippen LogP) is 2.41. The number of hydrogen-bond acceptors (Lipinski definition) is 3. The normalized spacial score (nSPS) is 11.8. The Kier molecular flexibility index (Phi) is 7.08. The Morgan fingerprint density at radius 1 is 1.20 bits per heavy atom. The number of nitrogens with one attached hydrogen (secondary N) is 2. The second kappa shape index (κ2) is 8.58. The first-order valence-corrected chi connectivity index (χ1v) is 7.59. The number of thioether (sulfide) groups is 1. The molecule has 0 saturated carbocycles. The van der Waals surface area contributed by atoms with E-state index in [0.29, 0.717) is 5.69 Å². The lowest BCUT2D eigenvalue weighted by Crippen LogP contribution is -2.33. The van der Waals surface area contributed by atoms with E-state index < -0.39 is 0 Å². The molecule has 0 aliphatic rings. The number of carbonyl (C=O) groups excluding carboxylic acids is 2. The molecule has 2 amide bonds. The van der Waals surface area contributed by atoms with Crippen molar-refractivity contribution in [3.05, 3.63) is 30.1 Å². The maximum atomic E-state index is 12.7. The number of anilines is 1. The van der Waals surface area contributed by atoms with Crippen molar-refractivity contribution < 1.29 is 14.0 Å². The van der Waals surface area contributed by atoms with Gasteiger partial charge in [0.25, 0.3) is 0 Å². The van der Waals surface area contributed by atoms with Crippen molar-refractivity contribution in [2.75, 3.05) is 16.8 Å². The van der Waals surface area contributed by atoms with Crippen molar-refractivity contribution >= 4 is 29.3 Å². The molecule has 0 spiro atoms. The van der Waals surface area contributed by atoms with Crippen LogP contribution in [0.3, 0.4) is 0 Å². The second-order valence-electron chi connectivity index (χ2n) is 4.42. The average Bonchev–Trinajstić information content (AvgIpc) is 2.41. The Morgan fingerprint density at radius 3 is 2.40 bits per heavy atom. The molecule has 6 heteroatoms. The van der Waals surface area contributed by atoms with Crippen molar-refractivity contribution in [3.8, 4) is 0 Å². The van der Waals surface area contributed by atoms with Crippen molar-refractivity contribution in [2.45, 2.75) is 26.3 Å². The third-order valence-electron chi connectivity index (χ3n) is 2.61. The van der Waals surface area contributed by atoms with E-state index in [1.807, 2.05) is 13.8 Å². The Morgan fingerprint density at radius 2 is 1.80 bits per heavy atom. The van der Waals surface area contributed by atoms with Crippen molar-refractivity contribution in [1.82, 2.24) is 5.32 Å². The van der Waals surface area contributed by atoms with Crippen LogP contribution in [0, 0.1) is 5.82 Å². The van der Waals surface area contributed by atoms with Gasteiger partial charge in [0.05, 0.1) is 11.5 Å². The molecule has 1 atom stereocenters. The molecule has 0 aliphatic heterocycles. The fraction of sp³-hybridized carbons (Fsp3) is 0.429. The van der Waals surface area contributed by atoms with Gasteiger partial charge < -0.3 is 10.6 Å². The summed E-state index contributed by atoms with van der Waals surface area (Å²) in [6.07, 6.45) is 0.876. The van der Waals surface area contributed by atoms with Crippen LogP contribution >= 0.6 is 11.8 Å². The molecule has 2 N–H and O–H groups in total. The lowest BCUT2D eigenvalue weighted by atomic mass is 10.3. The van der Waals surface area contributed by atoms with Crippen LogP contribution in [0.25, 0.3) is 0 Å². The van der Waals surface area contributed by atoms with Gasteiger partial charge in [-0.2, -0.15) is 0 Å². The molecule has 20 heavy (non-hydrogen) atoms. The van der Waals surface area contributed by atoms with Crippen LogP contribution in [0.4, 0.5) is 10.1 Å². The highest BCUT2D eigenvalue weighted by molar-refractivity contribution is 8.00. The van der Waals surface area contributed by atoms with Gasteiger partial charge in [0, 0.05) is 11.7 Å². The second-order valence-corrected chi connectivity index (χ2v) is 5.41. The molecular formula is C14H19FN2O2S. The summed E-state index contributed by atoms with van der Waals surface area (Å²) >= 11 is 1.25. The number of halogens is 1. The topological polar surface area (TPSA) is 58.2 Å². The minimum Gasteiger partial charge on any atom is -0.353 e. The van der Waals surface area contributed by atoms with Gasteiger partial charge >= 0.3 is 0 Å². The van der Waals surface area contributed by atoms with E-state index in [1.165, 1.54) is 36.0 Å². The van der Waals surface area contributed by atoms with Gasteiger partial charge in [0.2, 0.25) is 11.8 Å². The predicted molar refractivity (Wildman–Crippen MR) is 80.3 cm³/mol. The van der Waals surface area contributed by atoms with Crippen LogP contribution in [0.2, 0.25) is 0 Å². The number of rotatable bonds is 7. The molecule has 0 heterocycles. The summed E-state index contributed by atoms with van der Waals surface area (Å²) < 4.78 is 12.7. The molecular weight excluding hydrogens is 279 g/mol. The van der Waals surface area contributed by atoms with E-state index >= 15 is 0 Å². The van der Waals surface area contributed by atoms with E-state index in [4.69, 9.17) is 0 Å². The lowest BCUT2D eigenvalue weighted by molar-refractivity contribution is -0.119. The zero-order valence-corrected chi connectivity index (χ0v) is 12.4.